The molecule has 1 N–H and O–H groups in total. The maximum atomic E-state index is 13.8. The fourth-order valence-corrected chi connectivity index (χ4v) is 2.73. The molecule has 98 valence electrons. The van der Waals surface area contributed by atoms with E-state index in [-0.39, 0.29) is 22.8 Å². The maximum absolute atomic E-state index is 13.8. The van der Waals surface area contributed by atoms with Crippen LogP contribution in [0.2, 0.25) is 0 Å². The van der Waals surface area contributed by atoms with E-state index in [4.69, 9.17) is 5.11 Å². The van der Waals surface area contributed by atoms with Crippen molar-refractivity contribution >= 4 is 16.9 Å². The number of aryl methyl sites for hydroxylation is 1. The average Bonchev–Trinajstić information content (AvgIpc) is 2.37. The van der Waals surface area contributed by atoms with Gasteiger partial charge in [-0.1, -0.05) is 0 Å². The van der Waals surface area contributed by atoms with Crippen molar-refractivity contribution in [2.45, 2.75) is 25.8 Å². The molecule has 5 heteroatoms. The highest BCUT2D eigenvalue weighted by molar-refractivity contribution is 5.93. The Bertz CT molecular complexity index is 763. The number of carboxylic acid groups (broad SMARTS) is 1. The van der Waals surface area contributed by atoms with Crippen molar-refractivity contribution in [2.24, 2.45) is 0 Å². The highest BCUT2D eigenvalue weighted by atomic mass is 19.1. The van der Waals surface area contributed by atoms with Crippen LogP contribution in [0.5, 0.6) is 0 Å². The van der Waals surface area contributed by atoms with E-state index in [0.29, 0.717) is 17.5 Å². The Morgan fingerprint density at radius 2 is 2.21 bits per heavy atom. The Hall–Kier alpha value is -2.17. The van der Waals surface area contributed by atoms with Crippen LogP contribution in [0.15, 0.2) is 23.1 Å². The van der Waals surface area contributed by atoms with Crippen molar-refractivity contribution in [1.29, 1.82) is 0 Å². The van der Waals surface area contributed by atoms with E-state index in [9.17, 15) is 14.0 Å². The van der Waals surface area contributed by atoms with E-state index in [1.165, 1.54) is 18.3 Å². The van der Waals surface area contributed by atoms with Gasteiger partial charge < -0.3 is 9.67 Å². The van der Waals surface area contributed by atoms with Gasteiger partial charge in [0.1, 0.15) is 11.4 Å². The highest BCUT2D eigenvalue weighted by Gasteiger charge is 2.24. The zero-order valence-electron chi connectivity index (χ0n) is 10.3. The lowest BCUT2D eigenvalue weighted by Gasteiger charge is -2.26. The van der Waals surface area contributed by atoms with E-state index < -0.39 is 11.4 Å². The molecule has 19 heavy (non-hydrogen) atoms. The summed E-state index contributed by atoms with van der Waals surface area (Å²) in [5.74, 6) is -1.59. The van der Waals surface area contributed by atoms with Crippen LogP contribution in [0.1, 0.15) is 35.3 Å². The first-order chi connectivity index (χ1) is 9.00. The Morgan fingerprint density at radius 3 is 2.89 bits per heavy atom. The molecule has 2 aromatic rings. The molecule has 0 amide bonds. The van der Waals surface area contributed by atoms with Crippen molar-refractivity contribution < 1.29 is 14.3 Å². The number of halogens is 1. The molecule has 3 rings (SSSR count). The van der Waals surface area contributed by atoms with E-state index in [1.54, 1.807) is 4.57 Å². The lowest BCUT2D eigenvalue weighted by molar-refractivity contribution is 0.0694. The number of hydrogen-bond acceptors (Lipinski definition) is 2. The quantitative estimate of drug-likeness (QED) is 0.857. The molecule has 1 aliphatic heterocycles. The highest BCUT2D eigenvalue weighted by Crippen LogP contribution is 2.31. The SMILES string of the molecule is CC1CCc2c(F)ccc3c(=O)c(C(=O)O)cn1c23. The van der Waals surface area contributed by atoms with Crippen LogP contribution >= 0.6 is 0 Å². The van der Waals surface area contributed by atoms with Crippen molar-refractivity contribution in [3.63, 3.8) is 0 Å². The van der Waals surface area contributed by atoms with Gasteiger partial charge in [0.25, 0.3) is 0 Å². The van der Waals surface area contributed by atoms with Crippen LogP contribution in [0.4, 0.5) is 4.39 Å². The summed E-state index contributed by atoms with van der Waals surface area (Å²) >= 11 is 0. The summed E-state index contributed by atoms with van der Waals surface area (Å²) in [4.78, 5) is 23.2. The van der Waals surface area contributed by atoms with Gasteiger partial charge in [0, 0.05) is 23.2 Å². The van der Waals surface area contributed by atoms with E-state index in [1.807, 2.05) is 6.92 Å². The fourth-order valence-electron chi connectivity index (χ4n) is 2.73. The molecule has 1 aromatic heterocycles. The Balaban J connectivity index is 2.54. The van der Waals surface area contributed by atoms with E-state index in [0.717, 1.165) is 6.42 Å². The second kappa shape index (κ2) is 3.91. The Morgan fingerprint density at radius 1 is 1.47 bits per heavy atom. The van der Waals surface area contributed by atoms with Crippen LogP contribution in [-0.4, -0.2) is 15.6 Å². The monoisotopic (exact) mass is 261 g/mol. The van der Waals surface area contributed by atoms with Gasteiger partial charge in [0.2, 0.25) is 5.43 Å². The summed E-state index contributed by atoms with van der Waals surface area (Å²) < 4.78 is 15.5. The Labute approximate surface area is 108 Å². The number of carbonyl (C=O) groups is 1. The van der Waals surface area contributed by atoms with Crippen LogP contribution in [-0.2, 0) is 6.42 Å². The van der Waals surface area contributed by atoms with Crippen molar-refractivity contribution in [1.82, 2.24) is 4.57 Å². The van der Waals surface area contributed by atoms with Gasteiger partial charge in [-0.2, -0.15) is 0 Å². The third-order valence-electron chi connectivity index (χ3n) is 3.76. The summed E-state index contributed by atoms with van der Waals surface area (Å²) in [6.07, 6.45) is 2.63. The molecule has 0 radical (unpaired) electrons. The average molecular weight is 261 g/mol. The van der Waals surface area contributed by atoms with Gasteiger partial charge in [-0.25, -0.2) is 9.18 Å². The third-order valence-corrected chi connectivity index (χ3v) is 3.76. The van der Waals surface area contributed by atoms with Gasteiger partial charge in [-0.05, 0) is 31.9 Å². The first-order valence-electron chi connectivity index (χ1n) is 6.10. The normalized spacial score (nSPS) is 17.7. The van der Waals surface area contributed by atoms with Crippen molar-refractivity contribution in [3.8, 4) is 0 Å². The summed E-state index contributed by atoms with van der Waals surface area (Å²) in [5, 5.41) is 9.37. The van der Waals surface area contributed by atoms with Gasteiger partial charge in [0.15, 0.2) is 0 Å². The molecule has 0 saturated heterocycles. The number of aromatic nitrogens is 1. The minimum atomic E-state index is -1.25. The molecule has 0 bridgehead atoms. The number of pyridine rings is 1. The first-order valence-corrected chi connectivity index (χ1v) is 6.10. The molecule has 1 atom stereocenters. The minimum absolute atomic E-state index is 0.0514. The molecule has 1 aliphatic rings. The molecule has 1 aromatic carbocycles. The smallest absolute Gasteiger partial charge is 0.341 e. The van der Waals surface area contributed by atoms with Gasteiger partial charge in [-0.15, -0.1) is 0 Å². The van der Waals surface area contributed by atoms with Crippen LogP contribution < -0.4 is 5.43 Å². The van der Waals surface area contributed by atoms with Crippen LogP contribution in [0, 0.1) is 5.82 Å². The standard InChI is InChI=1S/C14H12FNO3/c1-7-2-3-8-11(15)5-4-9-12(8)16(7)6-10(13(9)17)14(18)19/h4-7H,2-3H2,1H3,(H,18,19). The molecule has 0 spiro atoms. The molecular weight excluding hydrogens is 249 g/mol. The lowest BCUT2D eigenvalue weighted by Crippen LogP contribution is -2.24. The first kappa shape index (κ1) is 11.9. The van der Waals surface area contributed by atoms with Crippen molar-refractivity contribution in [3.05, 3.63) is 45.5 Å². The molecule has 0 saturated carbocycles. The number of hydrogen-bond donors (Lipinski definition) is 1. The van der Waals surface area contributed by atoms with E-state index in [2.05, 4.69) is 0 Å². The number of aromatic carboxylic acids is 1. The minimum Gasteiger partial charge on any atom is -0.477 e. The maximum Gasteiger partial charge on any atom is 0.341 e. The van der Waals surface area contributed by atoms with E-state index >= 15 is 0 Å². The van der Waals surface area contributed by atoms with Crippen molar-refractivity contribution in [2.75, 3.05) is 0 Å². The second-order valence-electron chi connectivity index (χ2n) is 4.89. The zero-order valence-corrected chi connectivity index (χ0v) is 10.3. The van der Waals surface area contributed by atoms with Crippen LogP contribution in [0.25, 0.3) is 10.9 Å². The Kier molecular flexibility index (Phi) is 2.45. The van der Waals surface area contributed by atoms with Crippen LogP contribution in [0.3, 0.4) is 0 Å². The lowest BCUT2D eigenvalue weighted by atomic mass is 9.95. The summed E-state index contributed by atoms with van der Waals surface area (Å²) in [7, 11) is 0. The largest absolute Gasteiger partial charge is 0.477 e. The number of nitrogens with zero attached hydrogens (tertiary/aromatic N) is 1. The van der Waals surface area contributed by atoms with Gasteiger partial charge >= 0.3 is 5.97 Å². The second-order valence-corrected chi connectivity index (χ2v) is 4.89. The molecule has 2 heterocycles. The molecule has 4 nitrogen and oxygen atoms in total. The summed E-state index contributed by atoms with van der Waals surface area (Å²) in [5.41, 5.74) is 0.228. The summed E-state index contributed by atoms with van der Waals surface area (Å²) in [6.45, 7) is 1.93. The molecule has 0 aliphatic carbocycles. The predicted molar refractivity (Wildman–Crippen MR) is 68.2 cm³/mol. The van der Waals surface area contributed by atoms with Gasteiger partial charge in [0.05, 0.1) is 5.52 Å². The number of rotatable bonds is 1. The fraction of sp³-hybridized carbons (Fsp3) is 0.286. The zero-order chi connectivity index (χ0) is 13.7. The molecule has 0 fully saturated rings. The third kappa shape index (κ3) is 1.58. The predicted octanol–water partition coefficient (Wildman–Crippen LogP) is 2.35. The van der Waals surface area contributed by atoms with Gasteiger partial charge in [-0.3, -0.25) is 4.79 Å². The number of benzene rings is 1. The summed E-state index contributed by atoms with van der Waals surface area (Å²) in [6, 6.07) is 2.66. The number of carboxylic acids is 1. The molecule has 1 unspecified atom stereocenters. The molecular formula is C14H12FNO3. The topological polar surface area (TPSA) is 59.3 Å².